The van der Waals surface area contributed by atoms with Crippen LogP contribution in [0.4, 0.5) is 19.0 Å². The van der Waals surface area contributed by atoms with Crippen LogP contribution in [-0.4, -0.2) is 17.5 Å². The normalized spacial score (nSPS) is 11.1. The molecular weight excluding hydrogens is 365 g/mol. The van der Waals surface area contributed by atoms with E-state index in [0.29, 0.717) is 5.82 Å². The summed E-state index contributed by atoms with van der Waals surface area (Å²) in [6.45, 7) is -0.418. The van der Waals surface area contributed by atoms with Gasteiger partial charge in [-0.05, 0) is 46.3 Å². The van der Waals surface area contributed by atoms with Crippen LogP contribution < -0.4 is 10.1 Å². The van der Waals surface area contributed by atoms with E-state index in [1.807, 2.05) is 0 Å². The van der Waals surface area contributed by atoms with Crippen LogP contribution in [0, 0.1) is 0 Å². The van der Waals surface area contributed by atoms with E-state index in [4.69, 9.17) is 4.74 Å². The van der Waals surface area contributed by atoms with Gasteiger partial charge in [0.15, 0.2) is 6.61 Å². The molecule has 0 saturated heterocycles. The van der Waals surface area contributed by atoms with Crippen molar-refractivity contribution in [1.29, 1.82) is 0 Å². The first-order chi connectivity index (χ1) is 10.3. The number of halogens is 4. The second-order valence-corrected chi connectivity index (χ2v) is 5.14. The minimum Gasteiger partial charge on any atom is -0.484 e. The van der Waals surface area contributed by atoms with E-state index in [2.05, 4.69) is 26.2 Å². The maximum absolute atomic E-state index is 12.5. The number of alkyl halides is 3. The van der Waals surface area contributed by atoms with Gasteiger partial charge in [-0.25, -0.2) is 4.98 Å². The number of carbonyl (C=O) groups is 1. The number of pyridine rings is 1. The zero-order chi connectivity index (χ0) is 16.2. The molecule has 22 heavy (non-hydrogen) atoms. The third-order valence-electron chi connectivity index (χ3n) is 2.53. The maximum atomic E-state index is 12.5. The van der Waals surface area contributed by atoms with Gasteiger partial charge in [0.25, 0.3) is 5.91 Å². The van der Waals surface area contributed by atoms with E-state index in [9.17, 15) is 18.0 Å². The molecule has 1 aromatic heterocycles. The highest BCUT2D eigenvalue weighted by atomic mass is 79.9. The Balaban J connectivity index is 1.92. The van der Waals surface area contributed by atoms with E-state index in [-0.39, 0.29) is 5.75 Å². The molecule has 0 bridgehead atoms. The Morgan fingerprint density at radius 1 is 1.27 bits per heavy atom. The molecule has 0 unspecified atom stereocenters. The van der Waals surface area contributed by atoms with Gasteiger partial charge in [0.1, 0.15) is 11.6 Å². The van der Waals surface area contributed by atoms with Gasteiger partial charge in [-0.15, -0.1) is 0 Å². The molecule has 116 valence electrons. The number of amides is 1. The Labute approximate surface area is 132 Å². The van der Waals surface area contributed by atoms with E-state index < -0.39 is 24.3 Å². The molecule has 1 amide bonds. The lowest BCUT2D eigenvalue weighted by molar-refractivity contribution is -0.137. The summed E-state index contributed by atoms with van der Waals surface area (Å²) in [7, 11) is 0. The molecule has 8 heteroatoms. The summed E-state index contributed by atoms with van der Waals surface area (Å²) < 4.78 is 43.4. The zero-order valence-electron chi connectivity index (χ0n) is 11.0. The first-order valence-electron chi connectivity index (χ1n) is 6.06. The highest BCUT2D eigenvalue weighted by Gasteiger charge is 2.30. The summed E-state index contributed by atoms with van der Waals surface area (Å²) in [6.07, 6.45) is -2.95. The second-order valence-electron chi connectivity index (χ2n) is 4.22. The maximum Gasteiger partial charge on any atom is 0.416 e. The third-order valence-corrected chi connectivity index (χ3v) is 3.00. The van der Waals surface area contributed by atoms with Crippen molar-refractivity contribution in [2.24, 2.45) is 0 Å². The first kappa shape index (κ1) is 16.3. The Morgan fingerprint density at radius 3 is 2.68 bits per heavy atom. The fourth-order valence-electron chi connectivity index (χ4n) is 1.54. The molecule has 1 aromatic carbocycles. The molecule has 1 heterocycles. The van der Waals surface area contributed by atoms with E-state index in [0.717, 1.165) is 16.6 Å². The van der Waals surface area contributed by atoms with Gasteiger partial charge in [0, 0.05) is 10.7 Å². The molecule has 0 spiro atoms. The van der Waals surface area contributed by atoms with Crippen molar-refractivity contribution in [3.05, 3.63) is 52.6 Å². The average molecular weight is 375 g/mol. The lowest BCUT2D eigenvalue weighted by Gasteiger charge is -2.10. The van der Waals surface area contributed by atoms with Gasteiger partial charge in [-0.1, -0.05) is 6.07 Å². The molecule has 0 aliphatic heterocycles. The van der Waals surface area contributed by atoms with Gasteiger partial charge < -0.3 is 10.1 Å². The van der Waals surface area contributed by atoms with Crippen LogP contribution in [0.15, 0.2) is 47.1 Å². The van der Waals surface area contributed by atoms with Crippen molar-refractivity contribution >= 4 is 27.7 Å². The van der Waals surface area contributed by atoms with Crippen LogP contribution in [0.3, 0.4) is 0 Å². The zero-order valence-corrected chi connectivity index (χ0v) is 12.6. The molecule has 0 saturated carbocycles. The van der Waals surface area contributed by atoms with Crippen LogP contribution in [0.1, 0.15) is 5.56 Å². The standard InChI is InChI=1S/C14H10BrF3N2O2/c15-10-4-5-12(19-7-10)20-13(21)8-22-11-3-1-2-9(6-11)14(16,17)18/h1-7H,8H2,(H,19,20,21). The average Bonchev–Trinajstić information content (AvgIpc) is 2.47. The number of ether oxygens (including phenoxy) is 1. The van der Waals surface area contributed by atoms with Crippen LogP contribution in [0.25, 0.3) is 0 Å². The monoisotopic (exact) mass is 374 g/mol. The summed E-state index contributed by atoms with van der Waals surface area (Å²) in [5.41, 5.74) is -0.833. The lowest BCUT2D eigenvalue weighted by Crippen LogP contribution is -2.20. The Hall–Kier alpha value is -2.09. The number of benzene rings is 1. The molecule has 2 aromatic rings. The van der Waals surface area contributed by atoms with Crippen molar-refractivity contribution in [1.82, 2.24) is 4.98 Å². The predicted octanol–water partition coefficient (Wildman–Crippen LogP) is 3.88. The van der Waals surface area contributed by atoms with Crippen molar-refractivity contribution < 1.29 is 22.7 Å². The third kappa shape index (κ3) is 4.73. The topological polar surface area (TPSA) is 51.2 Å². The quantitative estimate of drug-likeness (QED) is 0.883. The Morgan fingerprint density at radius 2 is 2.05 bits per heavy atom. The molecule has 0 radical (unpaired) electrons. The number of anilines is 1. The molecule has 4 nitrogen and oxygen atoms in total. The van der Waals surface area contributed by atoms with Crippen LogP contribution >= 0.6 is 15.9 Å². The molecular formula is C14H10BrF3N2O2. The van der Waals surface area contributed by atoms with Crippen molar-refractivity contribution in [2.45, 2.75) is 6.18 Å². The number of hydrogen-bond donors (Lipinski definition) is 1. The summed E-state index contributed by atoms with van der Waals surface area (Å²) in [4.78, 5) is 15.6. The van der Waals surface area contributed by atoms with Crippen LogP contribution in [0.5, 0.6) is 5.75 Å². The number of aromatic nitrogens is 1. The molecule has 0 atom stereocenters. The van der Waals surface area contributed by atoms with E-state index in [1.165, 1.54) is 18.3 Å². The summed E-state index contributed by atoms with van der Waals surface area (Å²) in [5.74, 6) is -0.234. The second kappa shape index (κ2) is 6.78. The number of hydrogen-bond acceptors (Lipinski definition) is 3. The SMILES string of the molecule is O=C(COc1cccc(C(F)(F)F)c1)Nc1ccc(Br)cn1. The highest BCUT2D eigenvalue weighted by molar-refractivity contribution is 9.10. The van der Waals surface area contributed by atoms with Crippen molar-refractivity contribution in [3.8, 4) is 5.75 Å². The van der Waals surface area contributed by atoms with Gasteiger partial charge in [-0.3, -0.25) is 4.79 Å². The highest BCUT2D eigenvalue weighted by Crippen LogP contribution is 2.31. The van der Waals surface area contributed by atoms with Gasteiger partial charge in [0.05, 0.1) is 5.56 Å². The summed E-state index contributed by atoms with van der Waals surface area (Å²) >= 11 is 3.20. The van der Waals surface area contributed by atoms with Gasteiger partial charge in [0.2, 0.25) is 0 Å². The lowest BCUT2D eigenvalue weighted by atomic mass is 10.2. The number of nitrogens with zero attached hydrogens (tertiary/aromatic N) is 1. The van der Waals surface area contributed by atoms with Crippen LogP contribution in [0.2, 0.25) is 0 Å². The largest absolute Gasteiger partial charge is 0.484 e. The predicted molar refractivity (Wildman–Crippen MR) is 77.5 cm³/mol. The fourth-order valence-corrected chi connectivity index (χ4v) is 1.77. The smallest absolute Gasteiger partial charge is 0.416 e. The Bertz CT molecular complexity index is 660. The van der Waals surface area contributed by atoms with Crippen LogP contribution in [-0.2, 0) is 11.0 Å². The van der Waals surface area contributed by atoms with E-state index in [1.54, 1.807) is 12.1 Å². The Kier molecular flexibility index (Phi) is 5.02. The number of carbonyl (C=O) groups excluding carboxylic acids is 1. The van der Waals surface area contributed by atoms with Crippen molar-refractivity contribution in [2.75, 3.05) is 11.9 Å². The molecule has 1 N–H and O–H groups in total. The molecule has 0 aliphatic rings. The summed E-state index contributed by atoms with van der Waals surface area (Å²) in [5, 5.41) is 2.47. The van der Waals surface area contributed by atoms with Crippen molar-refractivity contribution in [3.63, 3.8) is 0 Å². The van der Waals surface area contributed by atoms with Gasteiger partial charge >= 0.3 is 6.18 Å². The van der Waals surface area contributed by atoms with Gasteiger partial charge in [-0.2, -0.15) is 13.2 Å². The minimum atomic E-state index is -4.46. The molecule has 0 fully saturated rings. The minimum absolute atomic E-state index is 0.0336. The first-order valence-corrected chi connectivity index (χ1v) is 6.85. The molecule has 2 rings (SSSR count). The number of nitrogens with one attached hydrogen (secondary N) is 1. The summed E-state index contributed by atoms with van der Waals surface area (Å²) in [6, 6.07) is 7.60. The number of rotatable bonds is 4. The van der Waals surface area contributed by atoms with E-state index >= 15 is 0 Å². The molecule has 0 aliphatic carbocycles. The fraction of sp³-hybridized carbons (Fsp3) is 0.143.